The SMILES string of the molecule is CCCCN1C[C@H]2C(=O)NC3(CCN(C(=O)c4cnccn4)CC3)[C@H]2C1. The number of piperidine rings is 1. The molecule has 3 aliphatic rings. The van der Waals surface area contributed by atoms with Crippen molar-refractivity contribution in [3.05, 3.63) is 24.3 Å². The van der Waals surface area contributed by atoms with E-state index in [1.165, 1.54) is 19.0 Å². The van der Waals surface area contributed by atoms with E-state index in [2.05, 4.69) is 27.1 Å². The molecule has 2 atom stereocenters. The van der Waals surface area contributed by atoms with Crippen LogP contribution >= 0.6 is 0 Å². The molecule has 7 heteroatoms. The number of fused-ring (bicyclic) bond motifs is 2. The second-order valence-corrected chi connectivity index (χ2v) is 7.85. The fourth-order valence-corrected chi connectivity index (χ4v) is 4.88. The lowest BCUT2D eigenvalue weighted by molar-refractivity contribution is -0.123. The van der Waals surface area contributed by atoms with Crippen molar-refractivity contribution in [3.8, 4) is 0 Å². The smallest absolute Gasteiger partial charge is 0.274 e. The number of carbonyl (C=O) groups is 2. The third kappa shape index (κ3) is 2.98. The topological polar surface area (TPSA) is 78.4 Å². The van der Waals surface area contributed by atoms with Crippen LogP contribution in [0.15, 0.2) is 18.6 Å². The summed E-state index contributed by atoms with van der Waals surface area (Å²) in [7, 11) is 0. The maximum absolute atomic E-state index is 12.6. The fourth-order valence-electron chi connectivity index (χ4n) is 4.88. The van der Waals surface area contributed by atoms with Gasteiger partial charge in [0.15, 0.2) is 0 Å². The number of unbranched alkanes of at least 4 members (excludes halogenated alkanes) is 1. The number of likely N-dealkylation sites (tertiary alicyclic amines) is 2. The second kappa shape index (κ2) is 6.95. The monoisotopic (exact) mass is 357 g/mol. The Balaban J connectivity index is 1.42. The molecule has 4 rings (SSSR count). The molecule has 2 amide bonds. The van der Waals surface area contributed by atoms with Gasteiger partial charge in [-0.1, -0.05) is 13.3 Å². The Morgan fingerprint density at radius 1 is 1.31 bits per heavy atom. The Hall–Kier alpha value is -2.02. The summed E-state index contributed by atoms with van der Waals surface area (Å²) in [5, 5.41) is 3.32. The van der Waals surface area contributed by atoms with Crippen LogP contribution in [0.2, 0.25) is 0 Å². The van der Waals surface area contributed by atoms with Gasteiger partial charge in [-0.3, -0.25) is 14.6 Å². The Morgan fingerprint density at radius 3 is 2.81 bits per heavy atom. The van der Waals surface area contributed by atoms with Crippen LogP contribution in [0.1, 0.15) is 43.1 Å². The molecule has 140 valence electrons. The molecule has 1 spiro atoms. The van der Waals surface area contributed by atoms with E-state index in [-0.39, 0.29) is 23.3 Å². The lowest BCUT2D eigenvalue weighted by atomic mass is 9.75. The van der Waals surface area contributed by atoms with E-state index in [9.17, 15) is 9.59 Å². The number of rotatable bonds is 4. The number of carbonyl (C=O) groups excluding carboxylic acids is 2. The summed E-state index contributed by atoms with van der Waals surface area (Å²) in [6.07, 6.45) is 8.66. The van der Waals surface area contributed by atoms with Crippen molar-refractivity contribution in [2.45, 2.75) is 38.1 Å². The van der Waals surface area contributed by atoms with Gasteiger partial charge in [-0.05, 0) is 25.8 Å². The molecule has 1 N–H and O–H groups in total. The molecule has 0 saturated carbocycles. The normalized spacial score (nSPS) is 27.6. The van der Waals surface area contributed by atoms with E-state index in [0.717, 1.165) is 32.5 Å². The molecule has 1 aromatic heterocycles. The molecular weight excluding hydrogens is 330 g/mol. The number of hydrogen-bond acceptors (Lipinski definition) is 5. The quantitative estimate of drug-likeness (QED) is 0.867. The summed E-state index contributed by atoms with van der Waals surface area (Å²) in [5.74, 6) is 0.641. The minimum absolute atomic E-state index is 0.0650. The maximum Gasteiger partial charge on any atom is 0.274 e. The van der Waals surface area contributed by atoms with E-state index in [1.54, 1.807) is 12.4 Å². The minimum atomic E-state index is -0.137. The fraction of sp³-hybridized carbons (Fsp3) is 0.684. The average Bonchev–Trinajstić information content (AvgIpc) is 3.21. The highest BCUT2D eigenvalue weighted by atomic mass is 16.2. The van der Waals surface area contributed by atoms with Crippen LogP contribution in [0.4, 0.5) is 0 Å². The van der Waals surface area contributed by atoms with Crippen LogP contribution in [0, 0.1) is 11.8 Å². The zero-order valence-electron chi connectivity index (χ0n) is 15.4. The Bertz CT molecular complexity index is 672. The first kappa shape index (κ1) is 17.4. The van der Waals surface area contributed by atoms with Gasteiger partial charge < -0.3 is 15.1 Å². The van der Waals surface area contributed by atoms with Crippen molar-refractivity contribution >= 4 is 11.8 Å². The molecule has 1 aromatic rings. The van der Waals surface area contributed by atoms with Crippen molar-refractivity contribution in [1.29, 1.82) is 0 Å². The predicted molar refractivity (Wildman–Crippen MR) is 96.4 cm³/mol. The zero-order chi connectivity index (χ0) is 18.1. The Kier molecular flexibility index (Phi) is 4.65. The van der Waals surface area contributed by atoms with E-state index in [1.807, 2.05) is 4.90 Å². The molecule has 26 heavy (non-hydrogen) atoms. The highest BCUT2D eigenvalue weighted by molar-refractivity contribution is 5.92. The Morgan fingerprint density at radius 2 is 2.12 bits per heavy atom. The molecule has 0 bridgehead atoms. The van der Waals surface area contributed by atoms with Gasteiger partial charge in [0.2, 0.25) is 5.91 Å². The zero-order valence-corrected chi connectivity index (χ0v) is 15.4. The summed E-state index contributed by atoms with van der Waals surface area (Å²) >= 11 is 0. The lowest BCUT2D eigenvalue weighted by Crippen LogP contribution is -2.56. The summed E-state index contributed by atoms with van der Waals surface area (Å²) < 4.78 is 0. The van der Waals surface area contributed by atoms with Gasteiger partial charge in [0.1, 0.15) is 5.69 Å². The minimum Gasteiger partial charge on any atom is -0.350 e. The van der Waals surface area contributed by atoms with Crippen molar-refractivity contribution in [1.82, 2.24) is 25.1 Å². The molecule has 0 radical (unpaired) electrons. The highest BCUT2D eigenvalue weighted by Crippen LogP contribution is 2.44. The van der Waals surface area contributed by atoms with Crippen LogP contribution in [0.3, 0.4) is 0 Å². The molecule has 0 unspecified atom stereocenters. The van der Waals surface area contributed by atoms with Crippen molar-refractivity contribution in [2.24, 2.45) is 11.8 Å². The molecule has 0 aliphatic carbocycles. The largest absolute Gasteiger partial charge is 0.350 e. The van der Waals surface area contributed by atoms with Crippen LogP contribution < -0.4 is 5.32 Å². The maximum atomic E-state index is 12.6. The van der Waals surface area contributed by atoms with Gasteiger partial charge in [0, 0.05) is 50.0 Å². The number of nitrogens with one attached hydrogen (secondary N) is 1. The predicted octanol–water partition coefficient (Wildman–Crippen LogP) is 0.929. The van der Waals surface area contributed by atoms with Crippen LogP contribution in [0.25, 0.3) is 0 Å². The first-order valence-corrected chi connectivity index (χ1v) is 9.72. The van der Waals surface area contributed by atoms with Gasteiger partial charge in [0.25, 0.3) is 5.91 Å². The number of aromatic nitrogens is 2. The first-order chi connectivity index (χ1) is 12.6. The summed E-state index contributed by atoms with van der Waals surface area (Å²) in [4.78, 5) is 37.5. The van der Waals surface area contributed by atoms with Crippen LogP contribution in [0.5, 0.6) is 0 Å². The number of hydrogen-bond donors (Lipinski definition) is 1. The van der Waals surface area contributed by atoms with Gasteiger partial charge >= 0.3 is 0 Å². The summed E-state index contributed by atoms with van der Waals surface area (Å²) in [6.45, 7) is 6.50. The lowest BCUT2D eigenvalue weighted by Gasteiger charge is -2.42. The van der Waals surface area contributed by atoms with Crippen molar-refractivity contribution in [2.75, 3.05) is 32.7 Å². The molecule has 3 fully saturated rings. The molecule has 0 aromatic carbocycles. The highest BCUT2D eigenvalue weighted by Gasteiger charge is 2.57. The standard InChI is InChI=1S/C19H27N5O2/c1-2-3-8-23-12-14-15(13-23)19(22-17(14)25)4-9-24(10-5-19)18(26)16-11-20-6-7-21-16/h6-7,11,14-15H,2-5,8-10,12-13H2,1H3,(H,22,25)/t14-,15+/m1/s1. The second-order valence-electron chi connectivity index (χ2n) is 7.85. The number of nitrogens with zero attached hydrogens (tertiary/aromatic N) is 4. The summed E-state index contributed by atoms with van der Waals surface area (Å²) in [5.41, 5.74) is 0.255. The van der Waals surface area contributed by atoms with E-state index in [0.29, 0.717) is 24.7 Å². The van der Waals surface area contributed by atoms with Gasteiger partial charge in [-0.25, -0.2) is 4.98 Å². The van der Waals surface area contributed by atoms with Crippen LogP contribution in [-0.4, -0.2) is 69.8 Å². The van der Waals surface area contributed by atoms with E-state index >= 15 is 0 Å². The molecule has 3 saturated heterocycles. The number of amides is 2. The summed E-state index contributed by atoms with van der Waals surface area (Å²) in [6, 6.07) is 0. The molecule has 4 heterocycles. The van der Waals surface area contributed by atoms with Gasteiger partial charge in [0.05, 0.1) is 12.1 Å². The van der Waals surface area contributed by atoms with E-state index < -0.39 is 0 Å². The van der Waals surface area contributed by atoms with Gasteiger partial charge in [-0.2, -0.15) is 0 Å². The van der Waals surface area contributed by atoms with Gasteiger partial charge in [-0.15, -0.1) is 0 Å². The molecule has 7 nitrogen and oxygen atoms in total. The third-order valence-corrected chi connectivity index (χ3v) is 6.37. The third-order valence-electron chi connectivity index (χ3n) is 6.37. The first-order valence-electron chi connectivity index (χ1n) is 9.72. The Labute approximate surface area is 154 Å². The van der Waals surface area contributed by atoms with E-state index in [4.69, 9.17) is 0 Å². The molecular formula is C19H27N5O2. The van der Waals surface area contributed by atoms with Crippen molar-refractivity contribution < 1.29 is 9.59 Å². The molecule has 3 aliphatic heterocycles. The average molecular weight is 357 g/mol. The van der Waals surface area contributed by atoms with Crippen molar-refractivity contribution in [3.63, 3.8) is 0 Å². The van der Waals surface area contributed by atoms with Crippen LogP contribution in [-0.2, 0) is 4.79 Å².